The Morgan fingerprint density at radius 3 is 2.80 bits per heavy atom. The van der Waals surface area contributed by atoms with Crippen molar-refractivity contribution in [3.8, 4) is 0 Å². The standard InChI is InChI=1S/C10H16N2O2S/c1-7-11-5-8(15-7)6-12-10(2,3)9(13)14-4/h5,12H,6H2,1-4H3. The van der Waals surface area contributed by atoms with Gasteiger partial charge >= 0.3 is 5.97 Å². The zero-order valence-electron chi connectivity index (χ0n) is 9.46. The lowest BCUT2D eigenvalue weighted by Gasteiger charge is -2.22. The molecule has 15 heavy (non-hydrogen) atoms. The molecule has 1 rings (SSSR count). The summed E-state index contributed by atoms with van der Waals surface area (Å²) in [6, 6.07) is 0. The van der Waals surface area contributed by atoms with Gasteiger partial charge in [-0.2, -0.15) is 0 Å². The highest BCUT2D eigenvalue weighted by Crippen LogP contribution is 2.13. The lowest BCUT2D eigenvalue weighted by molar-refractivity contribution is -0.147. The maximum Gasteiger partial charge on any atom is 0.325 e. The summed E-state index contributed by atoms with van der Waals surface area (Å²) in [6.45, 7) is 6.19. The molecule has 4 nitrogen and oxygen atoms in total. The smallest absolute Gasteiger partial charge is 0.325 e. The van der Waals surface area contributed by atoms with Gasteiger partial charge in [-0.1, -0.05) is 0 Å². The average Bonchev–Trinajstić information content (AvgIpc) is 2.60. The van der Waals surface area contributed by atoms with Crippen LogP contribution in [0.5, 0.6) is 0 Å². The van der Waals surface area contributed by atoms with Crippen molar-refractivity contribution >= 4 is 17.3 Å². The Balaban J connectivity index is 2.53. The van der Waals surface area contributed by atoms with E-state index in [4.69, 9.17) is 4.74 Å². The van der Waals surface area contributed by atoms with Gasteiger partial charge in [0.05, 0.1) is 12.1 Å². The quantitative estimate of drug-likeness (QED) is 0.793. The second-order valence-corrected chi connectivity index (χ2v) is 5.14. The summed E-state index contributed by atoms with van der Waals surface area (Å²) < 4.78 is 4.69. The fraction of sp³-hybridized carbons (Fsp3) is 0.600. The van der Waals surface area contributed by atoms with E-state index in [9.17, 15) is 4.79 Å². The number of carbonyl (C=O) groups excluding carboxylic acids is 1. The molecule has 0 atom stereocenters. The highest BCUT2D eigenvalue weighted by Gasteiger charge is 2.27. The number of aromatic nitrogens is 1. The van der Waals surface area contributed by atoms with Crippen molar-refractivity contribution < 1.29 is 9.53 Å². The Bertz CT molecular complexity index is 347. The second kappa shape index (κ2) is 4.72. The molecule has 0 radical (unpaired) electrons. The Kier molecular flexibility index (Phi) is 3.82. The van der Waals surface area contributed by atoms with Crippen LogP contribution in [0.2, 0.25) is 0 Å². The number of ether oxygens (including phenoxy) is 1. The number of nitrogens with one attached hydrogen (secondary N) is 1. The maximum atomic E-state index is 11.4. The predicted molar refractivity (Wildman–Crippen MR) is 59.8 cm³/mol. The van der Waals surface area contributed by atoms with Crippen LogP contribution in [0.4, 0.5) is 0 Å². The van der Waals surface area contributed by atoms with Crippen LogP contribution < -0.4 is 5.32 Å². The van der Waals surface area contributed by atoms with E-state index in [1.165, 1.54) is 7.11 Å². The van der Waals surface area contributed by atoms with Gasteiger partial charge in [0.15, 0.2) is 0 Å². The van der Waals surface area contributed by atoms with Crippen molar-refractivity contribution in [3.63, 3.8) is 0 Å². The first kappa shape index (κ1) is 12.1. The minimum atomic E-state index is -0.660. The van der Waals surface area contributed by atoms with E-state index in [-0.39, 0.29) is 5.97 Å². The van der Waals surface area contributed by atoms with Crippen LogP contribution in [0.15, 0.2) is 6.20 Å². The maximum absolute atomic E-state index is 11.4. The topological polar surface area (TPSA) is 51.2 Å². The summed E-state index contributed by atoms with van der Waals surface area (Å²) >= 11 is 1.62. The fourth-order valence-corrected chi connectivity index (χ4v) is 1.86. The average molecular weight is 228 g/mol. The van der Waals surface area contributed by atoms with Crippen LogP contribution in [0, 0.1) is 6.92 Å². The number of methoxy groups -OCH3 is 1. The number of hydrogen-bond donors (Lipinski definition) is 1. The fourth-order valence-electron chi connectivity index (χ4n) is 1.12. The van der Waals surface area contributed by atoms with Crippen LogP contribution in [0.25, 0.3) is 0 Å². The molecule has 0 fully saturated rings. The lowest BCUT2D eigenvalue weighted by Crippen LogP contribution is -2.46. The summed E-state index contributed by atoms with van der Waals surface area (Å²) in [5.74, 6) is -0.260. The Morgan fingerprint density at radius 2 is 2.33 bits per heavy atom. The van der Waals surface area contributed by atoms with Crippen LogP contribution in [0.1, 0.15) is 23.7 Å². The van der Waals surface area contributed by atoms with Gasteiger partial charge in [0.1, 0.15) is 5.54 Å². The molecule has 0 bridgehead atoms. The molecule has 1 N–H and O–H groups in total. The first-order chi connectivity index (χ1) is 6.95. The van der Waals surface area contributed by atoms with Crippen molar-refractivity contribution in [2.75, 3.05) is 7.11 Å². The van der Waals surface area contributed by atoms with Crippen molar-refractivity contribution in [2.24, 2.45) is 0 Å². The Hall–Kier alpha value is -0.940. The van der Waals surface area contributed by atoms with Gasteiger partial charge < -0.3 is 4.74 Å². The number of carbonyl (C=O) groups is 1. The molecular weight excluding hydrogens is 212 g/mol. The molecule has 0 aliphatic rings. The van der Waals surface area contributed by atoms with Crippen LogP contribution in [-0.4, -0.2) is 23.6 Å². The number of rotatable bonds is 4. The molecule has 84 valence electrons. The first-order valence-electron chi connectivity index (χ1n) is 4.70. The van der Waals surface area contributed by atoms with Gasteiger partial charge in [0.2, 0.25) is 0 Å². The van der Waals surface area contributed by atoms with Gasteiger partial charge in [-0.3, -0.25) is 10.1 Å². The molecule has 0 saturated carbocycles. The minimum absolute atomic E-state index is 0.260. The number of hydrogen-bond acceptors (Lipinski definition) is 5. The highest BCUT2D eigenvalue weighted by atomic mass is 32.1. The normalized spacial score (nSPS) is 11.5. The molecule has 1 heterocycles. The molecule has 0 aliphatic carbocycles. The van der Waals surface area contributed by atoms with Crippen molar-refractivity contribution in [1.82, 2.24) is 10.3 Å². The van der Waals surface area contributed by atoms with Gasteiger partial charge in [-0.25, -0.2) is 4.98 Å². The number of aryl methyl sites for hydroxylation is 1. The van der Waals surface area contributed by atoms with Gasteiger partial charge in [0.25, 0.3) is 0 Å². The monoisotopic (exact) mass is 228 g/mol. The molecule has 0 aromatic carbocycles. The summed E-state index contributed by atoms with van der Waals surface area (Å²) in [6.07, 6.45) is 1.82. The summed E-state index contributed by atoms with van der Waals surface area (Å²) in [5, 5.41) is 4.17. The van der Waals surface area contributed by atoms with Crippen molar-refractivity contribution in [3.05, 3.63) is 16.1 Å². The van der Waals surface area contributed by atoms with E-state index in [1.807, 2.05) is 13.1 Å². The van der Waals surface area contributed by atoms with E-state index >= 15 is 0 Å². The van der Waals surface area contributed by atoms with E-state index in [0.29, 0.717) is 6.54 Å². The third-order valence-electron chi connectivity index (χ3n) is 2.07. The van der Waals surface area contributed by atoms with Crippen LogP contribution in [-0.2, 0) is 16.1 Å². The molecule has 0 spiro atoms. The zero-order chi connectivity index (χ0) is 11.5. The highest BCUT2D eigenvalue weighted by molar-refractivity contribution is 7.11. The van der Waals surface area contributed by atoms with E-state index in [1.54, 1.807) is 25.2 Å². The largest absolute Gasteiger partial charge is 0.468 e. The Labute approximate surface area is 93.7 Å². The third kappa shape index (κ3) is 3.28. The van der Waals surface area contributed by atoms with E-state index < -0.39 is 5.54 Å². The lowest BCUT2D eigenvalue weighted by atomic mass is 10.1. The molecule has 0 amide bonds. The van der Waals surface area contributed by atoms with E-state index in [2.05, 4.69) is 10.3 Å². The van der Waals surface area contributed by atoms with Crippen LogP contribution in [0.3, 0.4) is 0 Å². The van der Waals surface area contributed by atoms with Gasteiger partial charge in [-0.15, -0.1) is 11.3 Å². The van der Waals surface area contributed by atoms with Crippen molar-refractivity contribution in [2.45, 2.75) is 32.9 Å². The molecular formula is C10H16N2O2S. The van der Waals surface area contributed by atoms with Crippen molar-refractivity contribution in [1.29, 1.82) is 0 Å². The molecule has 5 heteroatoms. The van der Waals surface area contributed by atoms with Crippen LogP contribution >= 0.6 is 11.3 Å². The number of thiazole rings is 1. The first-order valence-corrected chi connectivity index (χ1v) is 5.52. The number of nitrogens with zero attached hydrogens (tertiary/aromatic N) is 1. The summed E-state index contributed by atoms with van der Waals surface area (Å²) in [4.78, 5) is 16.6. The zero-order valence-corrected chi connectivity index (χ0v) is 10.3. The summed E-state index contributed by atoms with van der Waals surface area (Å²) in [5.41, 5.74) is -0.660. The molecule has 1 aromatic heterocycles. The molecule has 0 aliphatic heterocycles. The Morgan fingerprint density at radius 1 is 1.67 bits per heavy atom. The van der Waals surface area contributed by atoms with E-state index in [0.717, 1.165) is 9.88 Å². The second-order valence-electron chi connectivity index (χ2n) is 3.82. The minimum Gasteiger partial charge on any atom is -0.468 e. The molecule has 0 unspecified atom stereocenters. The third-order valence-corrected chi connectivity index (χ3v) is 2.98. The van der Waals surface area contributed by atoms with Gasteiger partial charge in [-0.05, 0) is 20.8 Å². The summed E-state index contributed by atoms with van der Waals surface area (Å²) in [7, 11) is 1.39. The predicted octanol–water partition coefficient (Wildman–Crippen LogP) is 1.49. The molecule has 0 saturated heterocycles. The SMILES string of the molecule is COC(=O)C(C)(C)NCc1cnc(C)s1. The number of esters is 1. The van der Waals surface area contributed by atoms with Gasteiger partial charge in [0, 0.05) is 17.6 Å². The molecule has 1 aromatic rings.